The Hall–Kier alpha value is -1.39. The SMILES string of the molecule is C/C=C(N)\C(N)=N/C(=O)CF. The average Bonchev–Trinajstić information content (AvgIpc) is 2.02. The van der Waals surface area contributed by atoms with E-state index in [-0.39, 0.29) is 11.5 Å². The Labute approximate surface area is 63.8 Å². The molecule has 0 aliphatic carbocycles. The summed E-state index contributed by atoms with van der Waals surface area (Å²) in [4.78, 5) is 13.5. The number of carbonyl (C=O) groups is 1. The van der Waals surface area contributed by atoms with Gasteiger partial charge >= 0.3 is 0 Å². The summed E-state index contributed by atoms with van der Waals surface area (Å²) in [6.07, 6.45) is 1.48. The Morgan fingerprint density at radius 3 is 2.55 bits per heavy atom. The molecule has 0 saturated carbocycles. The molecule has 1 amide bonds. The van der Waals surface area contributed by atoms with Crippen molar-refractivity contribution < 1.29 is 9.18 Å². The highest BCUT2D eigenvalue weighted by Gasteiger charge is 2.00. The van der Waals surface area contributed by atoms with Crippen LogP contribution in [0, 0.1) is 0 Å². The van der Waals surface area contributed by atoms with Crippen molar-refractivity contribution in [2.45, 2.75) is 6.92 Å². The molecule has 5 heteroatoms. The Kier molecular flexibility index (Phi) is 3.87. The molecule has 0 heterocycles. The number of nitrogens with zero attached hydrogens (tertiary/aromatic N) is 1. The molecule has 0 aromatic carbocycles. The van der Waals surface area contributed by atoms with Crippen LogP contribution in [0.15, 0.2) is 16.8 Å². The van der Waals surface area contributed by atoms with Crippen LogP contribution >= 0.6 is 0 Å². The molecule has 0 saturated heterocycles. The van der Waals surface area contributed by atoms with Crippen molar-refractivity contribution in [1.82, 2.24) is 0 Å². The van der Waals surface area contributed by atoms with E-state index >= 15 is 0 Å². The van der Waals surface area contributed by atoms with Gasteiger partial charge in [0.25, 0.3) is 5.91 Å². The van der Waals surface area contributed by atoms with Gasteiger partial charge in [0.15, 0.2) is 6.67 Å². The van der Waals surface area contributed by atoms with Gasteiger partial charge in [0.1, 0.15) is 5.84 Å². The fourth-order valence-corrected chi connectivity index (χ4v) is 0.377. The van der Waals surface area contributed by atoms with Gasteiger partial charge in [0.2, 0.25) is 0 Å². The number of rotatable bonds is 2. The summed E-state index contributed by atoms with van der Waals surface area (Å²) < 4.78 is 11.5. The number of alkyl halides is 1. The molecule has 0 aliphatic rings. The Bertz CT molecular complexity index is 210. The molecule has 0 radical (unpaired) electrons. The molecule has 0 aromatic heterocycles. The largest absolute Gasteiger partial charge is 0.396 e. The number of allylic oxidation sites excluding steroid dienone is 1. The summed E-state index contributed by atoms with van der Waals surface area (Å²) in [5.41, 5.74) is 10.6. The van der Waals surface area contributed by atoms with E-state index < -0.39 is 12.6 Å². The van der Waals surface area contributed by atoms with E-state index in [1.54, 1.807) is 6.92 Å². The van der Waals surface area contributed by atoms with Crippen LogP contribution in [-0.4, -0.2) is 18.4 Å². The summed E-state index contributed by atoms with van der Waals surface area (Å²) in [5.74, 6) is -1.07. The molecule has 0 bridgehead atoms. The first-order chi connectivity index (χ1) is 5.11. The zero-order chi connectivity index (χ0) is 8.85. The summed E-state index contributed by atoms with van der Waals surface area (Å²) in [7, 11) is 0. The van der Waals surface area contributed by atoms with E-state index in [2.05, 4.69) is 4.99 Å². The molecule has 4 N–H and O–H groups in total. The minimum atomic E-state index is -1.16. The fraction of sp³-hybridized carbons (Fsp3) is 0.333. The van der Waals surface area contributed by atoms with Gasteiger partial charge in [-0.25, -0.2) is 4.39 Å². The topological polar surface area (TPSA) is 81.5 Å². The Balaban J connectivity index is 4.34. The number of hydrogen-bond donors (Lipinski definition) is 2. The van der Waals surface area contributed by atoms with Gasteiger partial charge in [-0.15, -0.1) is 0 Å². The third-order valence-corrected chi connectivity index (χ3v) is 0.966. The predicted octanol–water partition coefficient (Wildman–Crippen LogP) is -0.298. The number of nitrogens with two attached hydrogens (primary N) is 2. The van der Waals surface area contributed by atoms with Crippen molar-refractivity contribution in [1.29, 1.82) is 0 Å². The van der Waals surface area contributed by atoms with Gasteiger partial charge in [-0.2, -0.15) is 4.99 Å². The lowest BCUT2D eigenvalue weighted by Gasteiger charge is -1.96. The normalized spacial score (nSPS) is 13.3. The van der Waals surface area contributed by atoms with Crippen LogP contribution in [0.25, 0.3) is 0 Å². The number of halogens is 1. The van der Waals surface area contributed by atoms with E-state index in [0.29, 0.717) is 0 Å². The third kappa shape index (κ3) is 3.34. The molecule has 11 heavy (non-hydrogen) atoms. The van der Waals surface area contributed by atoms with Crippen LogP contribution in [0.5, 0.6) is 0 Å². The summed E-state index contributed by atoms with van der Waals surface area (Å²) in [6.45, 7) is 0.481. The highest BCUT2D eigenvalue weighted by Crippen LogP contribution is 1.85. The van der Waals surface area contributed by atoms with Crippen LogP contribution in [-0.2, 0) is 4.79 Å². The van der Waals surface area contributed by atoms with Crippen molar-refractivity contribution >= 4 is 11.7 Å². The fourth-order valence-electron chi connectivity index (χ4n) is 0.377. The van der Waals surface area contributed by atoms with E-state index in [0.717, 1.165) is 0 Å². The molecule has 0 fully saturated rings. The predicted molar refractivity (Wildman–Crippen MR) is 40.5 cm³/mol. The second kappa shape index (κ2) is 4.43. The summed E-state index contributed by atoms with van der Waals surface area (Å²) in [5, 5.41) is 0. The maximum absolute atomic E-state index is 11.5. The lowest BCUT2D eigenvalue weighted by atomic mass is 10.4. The van der Waals surface area contributed by atoms with Crippen LogP contribution < -0.4 is 11.5 Å². The second-order valence-corrected chi connectivity index (χ2v) is 1.77. The van der Waals surface area contributed by atoms with E-state index in [1.165, 1.54) is 6.08 Å². The number of amidine groups is 1. The maximum Gasteiger partial charge on any atom is 0.279 e. The van der Waals surface area contributed by atoms with Crippen molar-refractivity contribution in [3.63, 3.8) is 0 Å². The van der Waals surface area contributed by atoms with Crippen molar-refractivity contribution in [3.8, 4) is 0 Å². The van der Waals surface area contributed by atoms with E-state index in [9.17, 15) is 9.18 Å². The molecule has 0 aromatic rings. The van der Waals surface area contributed by atoms with Gasteiger partial charge in [-0.3, -0.25) is 4.79 Å². The van der Waals surface area contributed by atoms with Gasteiger partial charge in [0, 0.05) is 0 Å². The van der Waals surface area contributed by atoms with E-state index in [4.69, 9.17) is 11.5 Å². The number of amides is 1. The zero-order valence-corrected chi connectivity index (χ0v) is 6.17. The minimum Gasteiger partial charge on any atom is -0.396 e. The van der Waals surface area contributed by atoms with Gasteiger partial charge in [0.05, 0.1) is 5.70 Å². The lowest BCUT2D eigenvalue weighted by Crippen LogP contribution is -2.22. The summed E-state index contributed by atoms with van der Waals surface area (Å²) in [6, 6.07) is 0. The van der Waals surface area contributed by atoms with Crippen molar-refractivity contribution in [3.05, 3.63) is 11.8 Å². The third-order valence-electron chi connectivity index (χ3n) is 0.966. The molecular formula is C6H10FN3O. The van der Waals surface area contributed by atoms with E-state index in [1.807, 2.05) is 0 Å². The Morgan fingerprint density at radius 2 is 2.18 bits per heavy atom. The molecule has 0 unspecified atom stereocenters. The summed E-state index contributed by atoms with van der Waals surface area (Å²) >= 11 is 0. The molecule has 0 atom stereocenters. The molecule has 4 nitrogen and oxygen atoms in total. The molecule has 0 spiro atoms. The van der Waals surface area contributed by atoms with Crippen LogP contribution in [0.1, 0.15) is 6.92 Å². The number of aliphatic imine (C=N–C) groups is 1. The van der Waals surface area contributed by atoms with Gasteiger partial charge < -0.3 is 11.5 Å². The molecule has 0 aliphatic heterocycles. The maximum atomic E-state index is 11.5. The van der Waals surface area contributed by atoms with Crippen molar-refractivity contribution in [2.75, 3.05) is 6.67 Å². The number of carbonyl (C=O) groups excluding carboxylic acids is 1. The monoisotopic (exact) mass is 159 g/mol. The Morgan fingerprint density at radius 1 is 1.64 bits per heavy atom. The van der Waals surface area contributed by atoms with Crippen LogP contribution in [0.4, 0.5) is 4.39 Å². The van der Waals surface area contributed by atoms with Crippen LogP contribution in [0.3, 0.4) is 0 Å². The number of hydrogen-bond acceptors (Lipinski definition) is 2. The van der Waals surface area contributed by atoms with Gasteiger partial charge in [-0.1, -0.05) is 6.08 Å². The average molecular weight is 159 g/mol. The lowest BCUT2D eigenvalue weighted by molar-refractivity contribution is -0.118. The van der Waals surface area contributed by atoms with Gasteiger partial charge in [-0.05, 0) is 6.92 Å². The molecular weight excluding hydrogens is 149 g/mol. The second-order valence-electron chi connectivity index (χ2n) is 1.77. The first-order valence-corrected chi connectivity index (χ1v) is 2.97. The van der Waals surface area contributed by atoms with Crippen molar-refractivity contribution in [2.24, 2.45) is 16.5 Å². The first-order valence-electron chi connectivity index (χ1n) is 2.97. The highest BCUT2D eigenvalue weighted by molar-refractivity contribution is 6.03. The highest BCUT2D eigenvalue weighted by atomic mass is 19.1. The molecule has 62 valence electrons. The first kappa shape index (κ1) is 9.61. The smallest absolute Gasteiger partial charge is 0.279 e. The minimum absolute atomic E-state index is 0.143. The zero-order valence-electron chi connectivity index (χ0n) is 6.17. The quantitative estimate of drug-likeness (QED) is 0.428. The van der Waals surface area contributed by atoms with Crippen LogP contribution in [0.2, 0.25) is 0 Å². The molecule has 0 rings (SSSR count). The standard InChI is InChI=1S/C6H10FN3O/c1-2-4(8)6(9)10-5(11)3-7/h2H,3,8H2,1H3,(H2,9,10,11)/b4-2+.